The second kappa shape index (κ2) is 7.29. The summed E-state index contributed by atoms with van der Waals surface area (Å²) >= 11 is 6.36. The van der Waals surface area contributed by atoms with Crippen LogP contribution in [0.15, 0.2) is 71.3 Å². The van der Waals surface area contributed by atoms with E-state index in [1.807, 2.05) is 55.5 Å². The first-order valence-corrected chi connectivity index (χ1v) is 9.04. The summed E-state index contributed by atoms with van der Waals surface area (Å²) in [6, 6.07) is 18.7. The Morgan fingerprint density at radius 2 is 1.93 bits per heavy atom. The van der Waals surface area contributed by atoms with E-state index in [4.69, 9.17) is 21.0 Å². The highest BCUT2D eigenvalue weighted by molar-refractivity contribution is 6.31. The molecule has 5 nitrogen and oxygen atoms in total. The highest BCUT2D eigenvalue weighted by Crippen LogP contribution is 2.25. The average Bonchev–Trinajstić information content (AvgIpc) is 3.32. The zero-order chi connectivity index (χ0) is 18.8. The van der Waals surface area contributed by atoms with Gasteiger partial charge in [0.15, 0.2) is 5.76 Å². The van der Waals surface area contributed by atoms with Crippen molar-refractivity contribution in [3.8, 4) is 0 Å². The van der Waals surface area contributed by atoms with Crippen LogP contribution in [0.1, 0.15) is 34.9 Å². The molecule has 4 rings (SSSR count). The summed E-state index contributed by atoms with van der Waals surface area (Å²) in [5, 5.41) is 3.65. The maximum absolute atomic E-state index is 12.4. The summed E-state index contributed by atoms with van der Waals surface area (Å²) in [5.41, 5.74) is 2.86. The van der Waals surface area contributed by atoms with Crippen LogP contribution in [0.25, 0.3) is 11.0 Å². The first-order chi connectivity index (χ1) is 13.1. The molecule has 27 heavy (non-hydrogen) atoms. The zero-order valence-electron chi connectivity index (χ0n) is 14.7. The number of nitrogens with zero attached hydrogens (tertiary/aromatic N) is 2. The third-order valence-corrected chi connectivity index (χ3v) is 4.82. The van der Waals surface area contributed by atoms with E-state index in [0.717, 1.165) is 22.4 Å². The van der Waals surface area contributed by atoms with Gasteiger partial charge in [0.05, 0.1) is 29.9 Å². The minimum atomic E-state index is -0.308. The van der Waals surface area contributed by atoms with E-state index in [9.17, 15) is 4.79 Å². The van der Waals surface area contributed by atoms with E-state index in [1.54, 1.807) is 12.1 Å². The van der Waals surface area contributed by atoms with E-state index in [1.165, 1.54) is 6.26 Å². The van der Waals surface area contributed by atoms with Crippen molar-refractivity contribution >= 4 is 28.5 Å². The van der Waals surface area contributed by atoms with E-state index < -0.39 is 0 Å². The van der Waals surface area contributed by atoms with E-state index in [2.05, 4.69) is 9.88 Å². The molecule has 4 aromatic rings. The molecule has 0 saturated carbocycles. The van der Waals surface area contributed by atoms with Crippen molar-refractivity contribution in [2.24, 2.45) is 0 Å². The number of para-hydroxylation sites is 2. The van der Waals surface area contributed by atoms with Gasteiger partial charge in [-0.3, -0.25) is 4.79 Å². The predicted octanol–water partition coefficient (Wildman–Crippen LogP) is 4.82. The number of amides is 1. The smallest absolute Gasteiger partial charge is 0.287 e. The van der Waals surface area contributed by atoms with Crippen molar-refractivity contribution in [3.05, 3.63) is 89.1 Å². The van der Waals surface area contributed by atoms with Gasteiger partial charge in [-0.1, -0.05) is 41.9 Å². The Bertz CT molecular complexity index is 1090. The molecule has 1 amide bonds. The van der Waals surface area contributed by atoms with Gasteiger partial charge in [-0.05, 0) is 42.8 Å². The van der Waals surface area contributed by atoms with Crippen LogP contribution in [0, 0.1) is 0 Å². The summed E-state index contributed by atoms with van der Waals surface area (Å²) in [4.78, 5) is 17.1. The van der Waals surface area contributed by atoms with Gasteiger partial charge in [-0.2, -0.15) is 0 Å². The van der Waals surface area contributed by atoms with Gasteiger partial charge in [0.25, 0.3) is 5.91 Å². The number of benzene rings is 2. The molecule has 0 spiro atoms. The van der Waals surface area contributed by atoms with Gasteiger partial charge < -0.3 is 14.3 Å². The van der Waals surface area contributed by atoms with Crippen LogP contribution in [0.5, 0.6) is 0 Å². The van der Waals surface area contributed by atoms with Crippen molar-refractivity contribution in [2.45, 2.75) is 19.5 Å². The van der Waals surface area contributed by atoms with E-state index in [-0.39, 0.29) is 17.7 Å². The molecule has 6 heteroatoms. The van der Waals surface area contributed by atoms with E-state index in [0.29, 0.717) is 11.6 Å². The molecule has 0 aliphatic rings. The van der Waals surface area contributed by atoms with Gasteiger partial charge in [-0.15, -0.1) is 0 Å². The largest absolute Gasteiger partial charge is 0.459 e. The zero-order valence-corrected chi connectivity index (χ0v) is 15.5. The number of furan rings is 1. The third-order valence-electron chi connectivity index (χ3n) is 4.45. The minimum Gasteiger partial charge on any atom is -0.459 e. The number of halogens is 1. The Kier molecular flexibility index (Phi) is 4.69. The highest BCUT2D eigenvalue weighted by Gasteiger charge is 2.20. The second-order valence-electron chi connectivity index (χ2n) is 6.31. The maximum Gasteiger partial charge on any atom is 0.287 e. The topological polar surface area (TPSA) is 60.1 Å². The molecule has 0 unspecified atom stereocenters. The van der Waals surface area contributed by atoms with Crippen molar-refractivity contribution in [3.63, 3.8) is 0 Å². The molecule has 1 atom stereocenters. The summed E-state index contributed by atoms with van der Waals surface area (Å²) in [6.45, 7) is 2.47. The number of carbonyl (C=O) groups is 1. The lowest BCUT2D eigenvalue weighted by molar-refractivity contribution is 0.0909. The molecule has 1 N–H and O–H groups in total. The third kappa shape index (κ3) is 3.46. The monoisotopic (exact) mass is 379 g/mol. The molecule has 0 radical (unpaired) electrons. The molecule has 0 bridgehead atoms. The van der Waals surface area contributed by atoms with Crippen molar-refractivity contribution < 1.29 is 9.21 Å². The Hall–Kier alpha value is -3.05. The molecule has 0 saturated heterocycles. The molecule has 0 aliphatic carbocycles. The average molecular weight is 380 g/mol. The predicted molar refractivity (Wildman–Crippen MR) is 105 cm³/mol. The maximum atomic E-state index is 12.4. The summed E-state index contributed by atoms with van der Waals surface area (Å²) < 4.78 is 7.26. The fourth-order valence-corrected chi connectivity index (χ4v) is 3.32. The Morgan fingerprint density at radius 1 is 1.15 bits per heavy atom. The SMILES string of the molecule is C[C@H](NC(=O)c1ccco1)c1nc2ccccc2n1Cc1ccccc1Cl. The van der Waals surface area contributed by atoms with Crippen molar-refractivity contribution in [2.75, 3.05) is 0 Å². The summed E-state index contributed by atoms with van der Waals surface area (Å²) in [5.74, 6) is 0.760. The lowest BCUT2D eigenvalue weighted by Gasteiger charge is -2.16. The van der Waals surface area contributed by atoms with Gasteiger partial charge in [0, 0.05) is 5.02 Å². The quantitative estimate of drug-likeness (QED) is 0.540. The number of hydrogen-bond donors (Lipinski definition) is 1. The number of hydrogen-bond acceptors (Lipinski definition) is 3. The number of fused-ring (bicyclic) bond motifs is 1. The van der Waals surface area contributed by atoms with Crippen LogP contribution < -0.4 is 5.32 Å². The number of carbonyl (C=O) groups excluding carboxylic acids is 1. The fourth-order valence-electron chi connectivity index (χ4n) is 3.13. The van der Waals surface area contributed by atoms with Crippen LogP contribution in [-0.4, -0.2) is 15.5 Å². The van der Waals surface area contributed by atoms with Gasteiger partial charge in [0.1, 0.15) is 5.82 Å². The van der Waals surface area contributed by atoms with Crippen LogP contribution >= 0.6 is 11.6 Å². The molecule has 2 aromatic carbocycles. The molecular formula is C21H18ClN3O2. The number of nitrogens with one attached hydrogen (secondary N) is 1. The van der Waals surface area contributed by atoms with Gasteiger partial charge in [0.2, 0.25) is 0 Å². The Balaban J connectivity index is 1.71. The van der Waals surface area contributed by atoms with Crippen molar-refractivity contribution in [1.82, 2.24) is 14.9 Å². The normalized spacial score (nSPS) is 12.2. The van der Waals surface area contributed by atoms with Crippen LogP contribution in [0.3, 0.4) is 0 Å². The number of aromatic nitrogens is 2. The van der Waals surface area contributed by atoms with Gasteiger partial charge in [-0.25, -0.2) is 4.98 Å². The lowest BCUT2D eigenvalue weighted by Crippen LogP contribution is -2.28. The number of imidazole rings is 1. The lowest BCUT2D eigenvalue weighted by atomic mass is 10.2. The van der Waals surface area contributed by atoms with Crippen LogP contribution in [0.2, 0.25) is 5.02 Å². The molecule has 0 fully saturated rings. The Labute approximate surface area is 161 Å². The molecule has 2 heterocycles. The van der Waals surface area contributed by atoms with Crippen LogP contribution in [0.4, 0.5) is 0 Å². The van der Waals surface area contributed by atoms with Gasteiger partial charge >= 0.3 is 0 Å². The summed E-state index contributed by atoms with van der Waals surface area (Å²) in [7, 11) is 0. The standard InChI is InChI=1S/C21H18ClN3O2/c1-14(23-21(26)19-11-6-12-27-19)20-24-17-9-4-5-10-18(17)25(20)13-15-7-2-3-8-16(15)22/h2-12,14H,13H2,1H3,(H,23,26)/t14-/m0/s1. The fraction of sp³-hybridized carbons (Fsp3) is 0.143. The minimum absolute atomic E-state index is 0.274. The van der Waals surface area contributed by atoms with Crippen molar-refractivity contribution in [1.29, 1.82) is 0 Å². The Morgan fingerprint density at radius 3 is 2.70 bits per heavy atom. The molecule has 2 aromatic heterocycles. The molecule has 0 aliphatic heterocycles. The second-order valence-corrected chi connectivity index (χ2v) is 6.72. The molecule has 136 valence electrons. The first-order valence-electron chi connectivity index (χ1n) is 8.66. The summed E-state index contributed by atoms with van der Waals surface area (Å²) in [6.07, 6.45) is 1.48. The molecular weight excluding hydrogens is 362 g/mol. The first kappa shape index (κ1) is 17.4. The number of rotatable bonds is 5. The van der Waals surface area contributed by atoms with Crippen LogP contribution in [-0.2, 0) is 6.54 Å². The highest BCUT2D eigenvalue weighted by atomic mass is 35.5. The van der Waals surface area contributed by atoms with E-state index >= 15 is 0 Å².